The number of carbonyl (C=O) groups is 4. The first-order valence-corrected chi connectivity index (χ1v) is 7.74. The number of hydrogen-bond donors (Lipinski definition) is 1. The van der Waals surface area contributed by atoms with Gasteiger partial charge in [0.1, 0.15) is 17.1 Å². The van der Waals surface area contributed by atoms with Crippen LogP contribution in [-0.4, -0.2) is 53.0 Å². The number of amides is 2. The molecule has 0 aromatic carbocycles. The standard InChI is InChI=1S/C15H17ClN4O5/c1-15(2,3)25-14(24)7-5-9(16)18-19-11(7)20(4)6-8-10(21)13(23)17-12(8)22/h5,8H,6H2,1-4H3,(H,17,22,23). The van der Waals surface area contributed by atoms with E-state index in [1.165, 1.54) is 18.0 Å². The van der Waals surface area contributed by atoms with Crippen molar-refractivity contribution in [3.05, 3.63) is 16.8 Å². The number of halogens is 1. The van der Waals surface area contributed by atoms with Gasteiger partial charge < -0.3 is 9.64 Å². The fraction of sp³-hybridized carbons (Fsp3) is 0.467. The van der Waals surface area contributed by atoms with Gasteiger partial charge >= 0.3 is 5.97 Å². The van der Waals surface area contributed by atoms with E-state index in [0.717, 1.165) is 0 Å². The van der Waals surface area contributed by atoms with E-state index in [4.69, 9.17) is 16.3 Å². The number of hydrogen-bond acceptors (Lipinski definition) is 8. The van der Waals surface area contributed by atoms with Gasteiger partial charge in [-0.25, -0.2) is 4.79 Å². The molecule has 0 aliphatic carbocycles. The lowest BCUT2D eigenvalue weighted by Crippen LogP contribution is -2.35. The Bertz CT molecular complexity index is 759. The Balaban J connectivity index is 2.29. The van der Waals surface area contributed by atoms with E-state index in [-0.39, 0.29) is 23.1 Å². The van der Waals surface area contributed by atoms with Crippen LogP contribution >= 0.6 is 11.6 Å². The largest absolute Gasteiger partial charge is 0.456 e. The molecular weight excluding hydrogens is 352 g/mol. The minimum atomic E-state index is -1.18. The monoisotopic (exact) mass is 368 g/mol. The van der Waals surface area contributed by atoms with E-state index in [2.05, 4.69) is 10.2 Å². The maximum Gasteiger partial charge on any atom is 0.342 e. The summed E-state index contributed by atoms with van der Waals surface area (Å²) < 4.78 is 5.31. The molecule has 1 aliphatic rings. The van der Waals surface area contributed by atoms with Gasteiger partial charge in [0.15, 0.2) is 11.0 Å². The third-order valence-electron chi connectivity index (χ3n) is 3.27. The normalized spacial score (nSPS) is 17.5. The van der Waals surface area contributed by atoms with Crippen LogP contribution in [0.25, 0.3) is 0 Å². The zero-order valence-corrected chi connectivity index (χ0v) is 14.9. The zero-order chi connectivity index (χ0) is 18.9. The molecule has 2 heterocycles. The maximum atomic E-state index is 12.4. The predicted octanol–water partition coefficient (Wildman–Crippen LogP) is 0.363. The number of nitrogens with one attached hydrogen (secondary N) is 1. The number of aromatic nitrogens is 2. The predicted molar refractivity (Wildman–Crippen MR) is 87.1 cm³/mol. The van der Waals surface area contributed by atoms with E-state index >= 15 is 0 Å². The second kappa shape index (κ2) is 6.75. The van der Waals surface area contributed by atoms with Gasteiger partial charge in [-0.2, -0.15) is 0 Å². The van der Waals surface area contributed by atoms with Crippen LogP contribution in [0.1, 0.15) is 31.1 Å². The van der Waals surface area contributed by atoms with E-state index in [0.29, 0.717) is 0 Å². The summed E-state index contributed by atoms with van der Waals surface area (Å²) in [5, 5.41) is 9.47. The second-order valence-electron chi connectivity index (χ2n) is 6.52. The van der Waals surface area contributed by atoms with Crippen molar-refractivity contribution in [1.82, 2.24) is 15.5 Å². The molecule has 2 rings (SSSR count). The van der Waals surface area contributed by atoms with Gasteiger partial charge in [0.25, 0.3) is 5.91 Å². The van der Waals surface area contributed by atoms with Crippen molar-refractivity contribution in [2.45, 2.75) is 26.4 Å². The number of carbonyl (C=O) groups excluding carboxylic acids is 4. The van der Waals surface area contributed by atoms with Crippen molar-refractivity contribution in [3.8, 4) is 0 Å². The minimum absolute atomic E-state index is 0.0112. The number of rotatable bonds is 4. The number of imide groups is 1. The molecule has 10 heteroatoms. The van der Waals surface area contributed by atoms with Crippen LogP contribution in [0.3, 0.4) is 0 Å². The van der Waals surface area contributed by atoms with Crippen LogP contribution in [-0.2, 0) is 19.1 Å². The van der Waals surface area contributed by atoms with Crippen molar-refractivity contribution in [2.75, 3.05) is 18.5 Å². The number of ketones is 1. The van der Waals surface area contributed by atoms with Crippen molar-refractivity contribution < 1.29 is 23.9 Å². The summed E-state index contributed by atoms with van der Waals surface area (Å²) in [5.41, 5.74) is -0.703. The van der Waals surface area contributed by atoms with Gasteiger partial charge in [-0.15, -0.1) is 10.2 Å². The molecule has 1 saturated heterocycles. The average molecular weight is 369 g/mol. The average Bonchev–Trinajstić information content (AvgIpc) is 2.71. The Morgan fingerprint density at radius 1 is 1.32 bits per heavy atom. The molecule has 1 aliphatic heterocycles. The summed E-state index contributed by atoms with van der Waals surface area (Å²) >= 11 is 5.81. The molecule has 1 unspecified atom stereocenters. The van der Waals surface area contributed by atoms with Gasteiger partial charge in [-0.1, -0.05) is 11.6 Å². The molecule has 1 fully saturated rings. The summed E-state index contributed by atoms with van der Waals surface area (Å²) in [6.45, 7) is 4.97. The van der Waals surface area contributed by atoms with Crippen LogP contribution < -0.4 is 10.2 Å². The first-order valence-electron chi connectivity index (χ1n) is 7.36. The zero-order valence-electron chi connectivity index (χ0n) is 14.1. The quantitative estimate of drug-likeness (QED) is 0.350. The van der Waals surface area contributed by atoms with Gasteiger partial charge in [-0.3, -0.25) is 19.7 Å². The van der Waals surface area contributed by atoms with E-state index in [1.807, 2.05) is 5.32 Å². The molecule has 25 heavy (non-hydrogen) atoms. The number of Topliss-reactive ketones (excluding diaryl/α,β-unsaturated/α-hetero) is 1. The van der Waals surface area contributed by atoms with Gasteiger partial charge in [0.05, 0.1) is 0 Å². The van der Waals surface area contributed by atoms with Gasteiger partial charge in [0.2, 0.25) is 11.7 Å². The van der Waals surface area contributed by atoms with E-state index in [1.54, 1.807) is 20.8 Å². The lowest BCUT2D eigenvalue weighted by Gasteiger charge is -2.24. The summed E-state index contributed by atoms with van der Waals surface area (Å²) in [7, 11) is 1.51. The number of ether oxygens (including phenoxy) is 1. The third-order valence-corrected chi connectivity index (χ3v) is 3.46. The first-order chi connectivity index (χ1) is 11.5. The summed E-state index contributed by atoms with van der Waals surface area (Å²) in [6, 6.07) is 1.29. The van der Waals surface area contributed by atoms with Crippen molar-refractivity contribution in [2.24, 2.45) is 5.92 Å². The minimum Gasteiger partial charge on any atom is -0.456 e. The van der Waals surface area contributed by atoms with Crippen molar-refractivity contribution >= 4 is 41.0 Å². The fourth-order valence-corrected chi connectivity index (χ4v) is 2.34. The molecule has 0 spiro atoms. The summed E-state index contributed by atoms with van der Waals surface area (Å²) in [6.07, 6.45) is 0. The number of esters is 1. The van der Waals surface area contributed by atoms with Crippen molar-refractivity contribution in [1.29, 1.82) is 0 Å². The van der Waals surface area contributed by atoms with E-state index < -0.39 is 35.1 Å². The highest BCUT2D eigenvalue weighted by Gasteiger charge is 2.41. The molecule has 1 atom stereocenters. The van der Waals surface area contributed by atoms with Crippen LogP contribution in [0.4, 0.5) is 5.82 Å². The third kappa shape index (κ3) is 4.30. The topological polar surface area (TPSA) is 119 Å². The molecule has 0 saturated carbocycles. The molecule has 0 bridgehead atoms. The lowest BCUT2D eigenvalue weighted by atomic mass is 10.1. The van der Waals surface area contributed by atoms with Gasteiger partial charge in [0, 0.05) is 13.6 Å². The van der Waals surface area contributed by atoms with Crippen LogP contribution in [0.15, 0.2) is 6.07 Å². The highest BCUT2D eigenvalue weighted by atomic mass is 35.5. The summed E-state index contributed by atoms with van der Waals surface area (Å²) in [5.74, 6) is -4.25. The Labute approximate surface area is 148 Å². The maximum absolute atomic E-state index is 12.4. The molecule has 1 N–H and O–H groups in total. The Kier molecular flexibility index (Phi) is 5.07. The highest BCUT2D eigenvalue weighted by Crippen LogP contribution is 2.23. The molecule has 134 valence electrons. The molecule has 1 aromatic heterocycles. The van der Waals surface area contributed by atoms with Crippen LogP contribution in [0, 0.1) is 5.92 Å². The van der Waals surface area contributed by atoms with E-state index in [9.17, 15) is 19.2 Å². The first kappa shape index (κ1) is 18.8. The van der Waals surface area contributed by atoms with Crippen LogP contribution in [0.2, 0.25) is 5.15 Å². The molecule has 2 amide bonds. The SMILES string of the molecule is CN(CC1C(=O)NC(=O)C1=O)c1nnc(Cl)cc1C(=O)OC(C)(C)C. The fourth-order valence-electron chi connectivity index (χ4n) is 2.19. The number of anilines is 1. The molecule has 0 radical (unpaired) electrons. The Morgan fingerprint density at radius 2 is 1.96 bits per heavy atom. The Morgan fingerprint density at radius 3 is 2.48 bits per heavy atom. The second-order valence-corrected chi connectivity index (χ2v) is 6.91. The van der Waals surface area contributed by atoms with Crippen molar-refractivity contribution in [3.63, 3.8) is 0 Å². The molecule has 9 nitrogen and oxygen atoms in total. The van der Waals surface area contributed by atoms with Gasteiger partial charge in [-0.05, 0) is 26.8 Å². The summed E-state index contributed by atoms with van der Waals surface area (Å²) in [4.78, 5) is 48.5. The molecular formula is C15H17ClN4O5. The Hall–Kier alpha value is -2.55. The smallest absolute Gasteiger partial charge is 0.342 e. The lowest BCUT2D eigenvalue weighted by molar-refractivity contribution is -0.136. The highest BCUT2D eigenvalue weighted by molar-refractivity contribution is 6.48. The van der Waals surface area contributed by atoms with Crippen LogP contribution in [0.5, 0.6) is 0 Å². The number of nitrogens with zero attached hydrogens (tertiary/aromatic N) is 3. The molecule has 1 aromatic rings.